The summed E-state index contributed by atoms with van der Waals surface area (Å²) in [5.74, 6) is 1.79. The van der Waals surface area contributed by atoms with E-state index in [1.54, 1.807) is 14.2 Å². The number of halogens is 2. The van der Waals surface area contributed by atoms with Crippen LogP contribution in [0.4, 0.5) is 0 Å². The lowest BCUT2D eigenvalue weighted by Gasteiger charge is -2.22. The molecule has 1 aromatic rings. The highest BCUT2D eigenvalue weighted by molar-refractivity contribution is 9.10. The molecule has 0 radical (unpaired) electrons. The molecule has 0 bridgehead atoms. The maximum Gasteiger partial charge on any atom is 0.161 e. The van der Waals surface area contributed by atoms with E-state index in [2.05, 4.69) is 29.8 Å². The highest BCUT2D eigenvalue weighted by atomic mass is 79.9. The molecule has 0 unspecified atom stereocenters. The molecular weight excluding hydrogens is 358 g/mol. The van der Waals surface area contributed by atoms with Crippen LogP contribution < -0.4 is 15.2 Å². The van der Waals surface area contributed by atoms with E-state index >= 15 is 0 Å². The molecule has 0 saturated carbocycles. The quantitative estimate of drug-likeness (QED) is 0.755. The first-order chi connectivity index (χ1) is 9.40. The highest BCUT2D eigenvalue weighted by Gasteiger charge is 2.21. The molecule has 0 amide bonds. The average molecular weight is 383 g/mol. The van der Waals surface area contributed by atoms with Crippen molar-refractivity contribution in [2.24, 2.45) is 11.7 Å². The Hall–Kier alpha value is -0.490. The number of hydrogen-bond donors (Lipinski definition) is 2. The van der Waals surface area contributed by atoms with E-state index in [0.29, 0.717) is 23.8 Å². The Morgan fingerprint density at radius 3 is 2.14 bits per heavy atom. The van der Waals surface area contributed by atoms with E-state index in [4.69, 9.17) is 15.2 Å². The topological polar surface area (TPSA) is 64.7 Å². The maximum absolute atomic E-state index is 10.2. The van der Waals surface area contributed by atoms with Crippen molar-refractivity contribution in [3.63, 3.8) is 0 Å². The normalized spacial score (nSPS) is 13.5. The van der Waals surface area contributed by atoms with E-state index in [1.165, 1.54) is 0 Å². The van der Waals surface area contributed by atoms with Crippen LogP contribution in [0.25, 0.3) is 0 Å². The van der Waals surface area contributed by atoms with Gasteiger partial charge in [-0.3, -0.25) is 0 Å². The first kappa shape index (κ1) is 20.5. The Morgan fingerprint density at radius 2 is 1.67 bits per heavy atom. The summed E-state index contributed by atoms with van der Waals surface area (Å²) in [4.78, 5) is 0. The van der Waals surface area contributed by atoms with Crippen molar-refractivity contribution in [3.05, 3.63) is 22.2 Å². The van der Waals surface area contributed by atoms with Crippen molar-refractivity contribution >= 4 is 28.3 Å². The predicted molar refractivity (Wildman–Crippen MR) is 91.5 cm³/mol. The Balaban J connectivity index is 0.00000400. The fourth-order valence-corrected chi connectivity index (χ4v) is 2.60. The van der Waals surface area contributed by atoms with Crippen molar-refractivity contribution in [1.29, 1.82) is 0 Å². The number of aliphatic hydroxyl groups is 1. The second-order valence-electron chi connectivity index (χ2n) is 5.29. The van der Waals surface area contributed by atoms with E-state index in [-0.39, 0.29) is 12.4 Å². The molecule has 0 aliphatic rings. The second-order valence-corrected chi connectivity index (χ2v) is 6.15. The lowest BCUT2D eigenvalue weighted by molar-refractivity contribution is 0.128. The van der Waals surface area contributed by atoms with Crippen LogP contribution in [0.15, 0.2) is 16.6 Å². The number of ether oxygens (including phenoxy) is 2. The number of nitrogens with two attached hydrogens (primary N) is 1. The lowest BCUT2D eigenvalue weighted by Crippen LogP contribution is -2.27. The molecule has 0 spiro atoms. The Kier molecular flexibility index (Phi) is 9.29. The second kappa shape index (κ2) is 9.51. The zero-order chi connectivity index (χ0) is 15.3. The number of benzene rings is 1. The smallest absolute Gasteiger partial charge is 0.161 e. The van der Waals surface area contributed by atoms with E-state index < -0.39 is 12.1 Å². The van der Waals surface area contributed by atoms with Crippen molar-refractivity contribution in [3.8, 4) is 11.5 Å². The summed E-state index contributed by atoms with van der Waals surface area (Å²) in [7, 11) is 3.16. The van der Waals surface area contributed by atoms with Crippen molar-refractivity contribution in [1.82, 2.24) is 0 Å². The van der Waals surface area contributed by atoms with Gasteiger partial charge >= 0.3 is 0 Å². The largest absolute Gasteiger partial charge is 0.493 e. The Labute approximate surface area is 141 Å². The fraction of sp³-hybridized carbons (Fsp3) is 0.600. The van der Waals surface area contributed by atoms with Gasteiger partial charge in [0.15, 0.2) is 11.5 Å². The molecule has 21 heavy (non-hydrogen) atoms. The molecular formula is C15H25BrClNO3. The number of methoxy groups -OCH3 is 2. The summed E-state index contributed by atoms with van der Waals surface area (Å²) in [6.45, 7) is 4.26. The van der Waals surface area contributed by atoms with Crippen LogP contribution in [0.1, 0.15) is 38.3 Å². The van der Waals surface area contributed by atoms with E-state index in [9.17, 15) is 5.11 Å². The van der Waals surface area contributed by atoms with Crippen LogP contribution >= 0.6 is 28.3 Å². The highest BCUT2D eigenvalue weighted by Crippen LogP contribution is 2.36. The number of hydrogen-bond acceptors (Lipinski definition) is 4. The maximum atomic E-state index is 10.2. The predicted octanol–water partition coefficient (Wildman–Crippen LogP) is 3.69. The fourth-order valence-electron chi connectivity index (χ4n) is 2.02. The monoisotopic (exact) mass is 381 g/mol. The van der Waals surface area contributed by atoms with Gasteiger partial charge in [0.1, 0.15) is 0 Å². The molecule has 3 N–H and O–H groups in total. The first-order valence-electron chi connectivity index (χ1n) is 6.75. The van der Waals surface area contributed by atoms with Gasteiger partial charge in [0.25, 0.3) is 0 Å². The van der Waals surface area contributed by atoms with Crippen LogP contribution in [-0.2, 0) is 0 Å². The van der Waals surface area contributed by atoms with Gasteiger partial charge in [0, 0.05) is 4.47 Å². The molecule has 4 nitrogen and oxygen atoms in total. The van der Waals surface area contributed by atoms with Gasteiger partial charge in [-0.1, -0.05) is 29.8 Å². The summed E-state index contributed by atoms with van der Waals surface area (Å²) in [5.41, 5.74) is 6.98. The number of rotatable bonds is 7. The summed E-state index contributed by atoms with van der Waals surface area (Å²) in [6.07, 6.45) is 1.05. The third kappa shape index (κ3) is 5.66. The van der Waals surface area contributed by atoms with E-state index in [0.717, 1.165) is 16.5 Å². The number of aliphatic hydroxyl groups excluding tert-OH is 1. The Morgan fingerprint density at radius 1 is 1.14 bits per heavy atom. The average Bonchev–Trinajstić information content (AvgIpc) is 2.43. The van der Waals surface area contributed by atoms with Crippen molar-refractivity contribution in [2.75, 3.05) is 14.2 Å². The standard InChI is InChI=1S/C15H24BrNO3.ClH/c1-9(2)5-6-12(18)15(17)10-7-13(19-3)14(20-4)8-11(10)16;/h7-9,12,15,18H,5-6,17H2,1-4H3;1H/t12-,15+;/m0./s1. The minimum absolute atomic E-state index is 0. The van der Waals surface area contributed by atoms with Crippen molar-refractivity contribution < 1.29 is 14.6 Å². The van der Waals surface area contributed by atoms with Gasteiger partial charge in [0.2, 0.25) is 0 Å². The van der Waals surface area contributed by atoms with Gasteiger partial charge in [-0.15, -0.1) is 12.4 Å². The molecule has 0 saturated heterocycles. The van der Waals surface area contributed by atoms with Gasteiger partial charge < -0.3 is 20.3 Å². The van der Waals surface area contributed by atoms with Crippen LogP contribution in [0.2, 0.25) is 0 Å². The molecule has 0 fully saturated rings. The summed E-state index contributed by atoms with van der Waals surface area (Å²) in [5, 5.41) is 10.2. The first-order valence-corrected chi connectivity index (χ1v) is 7.55. The third-order valence-electron chi connectivity index (χ3n) is 3.32. The van der Waals surface area contributed by atoms with E-state index in [1.807, 2.05) is 12.1 Å². The summed E-state index contributed by atoms with van der Waals surface area (Å²) >= 11 is 3.47. The van der Waals surface area contributed by atoms with Gasteiger partial charge in [-0.05, 0) is 36.5 Å². The molecule has 0 aliphatic heterocycles. The zero-order valence-electron chi connectivity index (χ0n) is 12.9. The lowest BCUT2D eigenvalue weighted by atomic mass is 9.96. The minimum atomic E-state index is -0.577. The molecule has 0 aromatic heterocycles. The van der Waals surface area contributed by atoms with Crippen LogP contribution in [-0.4, -0.2) is 25.4 Å². The SMILES string of the molecule is COc1cc(Br)c([C@@H](N)[C@@H](O)CCC(C)C)cc1OC.Cl. The molecule has 1 rings (SSSR count). The molecule has 0 aliphatic carbocycles. The molecule has 122 valence electrons. The third-order valence-corrected chi connectivity index (χ3v) is 4.00. The summed E-state index contributed by atoms with van der Waals surface area (Å²) < 4.78 is 11.3. The molecule has 1 aromatic carbocycles. The van der Waals surface area contributed by atoms with Crippen LogP contribution in [0, 0.1) is 5.92 Å². The van der Waals surface area contributed by atoms with Crippen molar-refractivity contribution in [2.45, 2.75) is 38.8 Å². The van der Waals surface area contributed by atoms with Gasteiger partial charge in [-0.2, -0.15) is 0 Å². The van der Waals surface area contributed by atoms with Crippen LogP contribution in [0.3, 0.4) is 0 Å². The van der Waals surface area contributed by atoms with Gasteiger partial charge in [0.05, 0.1) is 26.4 Å². The van der Waals surface area contributed by atoms with Crippen LogP contribution in [0.5, 0.6) is 11.5 Å². The zero-order valence-corrected chi connectivity index (χ0v) is 15.3. The molecule has 6 heteroatoms. The molecule has 2 atom stereocenters. The summed E-state index contributed by atoms with van der Waals surface area (Å²) in [6, 6.07) is 3.16. The minimum Gasteiger partial charge on any atom is -0.493 e. The Bertz CT molecular complexity index is 443. The molecule has 0 heterocycles. The van der Waals surface area contributed by atoms with Gasteiger partial charge in [-0.25, -0.2) is 0 Å².